The van der Waals surface area contributed by atoms with E-state index >= 15 is 0 Å². The number of ether oxygens (including phenoxy) is 3. The lowest BCUT2D eigenvalue weighted by Gasteiger charge is -2.17. The first-order valence-corrected chi connectivity index (χ1v) is 13.2. The molecule has 3 aromatic rings. The smallest absolute Gasteiger partial charge is 0.337 e. The number of nitrogens with zero attached hydrogens (tertiary/aromatic N) is 3. The van der Waals surface area contributed by atoms with Crippen molar-refractivity contribution in [1.29, 1.82) is 0 Å². The molecule has 2 aromatic carbocycles. The number of allylic oxidation sites excluding steroid dienone is 1. The van der Waals surface area contributed by atoms with Crippen LogP contribution in [0.5, 0.6) is 5.75 Å². The van der Waals surface area contributed by atoms with E-state index in [9.17, 15) is 14.4 Å². The maximum Gasteiger partial charge on any atom is 0.337 e. The Morgan fingerprint density at radius 1 is 1.05 bits per heavy atom. The van der Waals surface area contributed by atoms with Gasteiger partial charge in [0.05, 0.1) is 31.1 Å². The van der Waals surface area contributed by atoms with E-state index in [1.54, 1.807) is 6.08 Å². The predicted octanol–water partition coefficient (Wildman–Crippen LogP) is 5.18. The molecule has 0 bridgehead atoms. The highest BCUT2D eigenvalue weighted by Gasteiger charge is 2.21. The second kappa shape index (κ2) is 13.3. The standard InChI is InChI=1S/C27H29ClN4O6S/c1-7-8-32-24(17(4)38-21-9-15(2)23(28)16(3)10-21)30-31-27(32)39-14-22(33)29-20-12-18(25(34)36-5)11-19(13-20)26(35)37-6/h7,9-13,17H,1,8,14H2,2-6H3,(H,29,33). The molecule has 0 radical (unpaired) electrons. The maximum atomic E-state index is 12.8. The summed E-state index contributed by atoms with van der Waals surface area (Å²) in [5.41, 5.74) is 2.25. The number of esters is 2. The molecule has 1 unspecified atom stereocenters. The summed E-state index contributed by atoms with van der Waals surface area (Å²) in [5.74, 6) is -0.493. The molecule has 1 aromatic heterocycles. The number of rotatable bonds is 11. The molecule has 0 aliphatic heterocycles. The molecule has 1 atom stereocenters. The fraction of sp³-hybridized carbons (Fsp3) is 0.296. The number of amides is 1. The van der Waals surface area contributed by atoms with E-state index in [1.807, 2.05) is 37.5 Å². The summed E-state index contributed by atoms with van der Waals surface area (Å²) in [5, 5.41) is 12.4. The minimum atomic E-state index is -0.657. The number of benzene rings is 2. The van der Waals surface area contributed by atoms with Crippen LogP contribution in [0.1, 0.15) is 50.7 Å². The van der Waals surface area contributed by atoms with Crippen LogP contribution in [0.15, 0.2) is 48.1 Å². The number of hydrogen-bond acceptors (Lipinski definition) is 9. The Hall–Kier alpha value is -3.83. The van der Waals surface area contributed by atoms with Crippen LogP contribution in [0.2, 0.25) is 5.02 Å². The number of hydrogen-bond donors (Lipinski definition) is 1. The third-order valence-electron chi connectivity index (χ3n) is 5.53. The summed E-state index contributed by atoms with van der Waals surface area (Å²) in [6.45, 7) is 9.89. The van der Waals surface area contributed by atoms with Gasteiger partial charge in [-0.05, 0) is 62.2 Å². The molecule has 0 aliphatic carbocycles. The zero-order valence-corrected chi connectivity index (χ0v) is 23.8. The van der Waals surface area contributed by atoms with Crippen molar-refractivity contribution in [1.82, 2.24) is 14.8 Å². The van der Waals surface area contributed by atoms with Gasteiger partial charge in [0.25, 0.3) is 0 Å². The van der Waals surface area contributed by atoms with Gasteiger partial charge in [0.2, 0.25) is 5.91 Å². The Kier molecular flexibility index (Phi) is 10.1. The molecule has 1 N–H and O–H groups in total. The van der Waals surface area contributed by atoms with Gasteiger partial charge in [-0.2, -0.15) is 0 Å². The quantitative estimate of drug-likeness (QED) is 0.188. The van der Waals surface area contributed by atoms with Crippen molar-refractivity contribution >= 4 is 46.9 Å². The third kappa shape index (κ3) is 7.39. The summed E-state index contributed by atoms with van der Waals surface area (Å²) in [4.78, 5) is 36.8. The fourth-order valence-corrected chi connectivity index (χ4v) is 4.60. The van der Waals surface area contributed by atoms with Crippen molar-refractivity contribution < 1.29 is 28.6 Å². The van der Waals surface area contributed by atoms with E-state index in [0.29, 0.717) is 28.3 Å². The van der Waals surface area contributed by atoms with Crippen LogP contribution in [-0.2, 0) is 20.8 Å². The molecule has 3 rings (SSSR count). The molecule has 1 amide bonds. The SMILES string of the molecule is C=CCn1c(SCC(=O)Nc2cc(C(=O)OC)cc(C(=O)OC)c2)nnc1C(C)Oc1cc(C)c(Cl)c(C)c1. The average molecular weight is 573 g/mol. The first-order valence-electron chi connectivity index (χ1n) is 11.8. The van der Waals surface area contributed by atoms with Crippen LogP contribution in [0.4, 0.5) is 5.69 Å². The highest BCUT2D eigenvalue weighted by atomic mass is 35.5. The summed E-state index contributed by atoms with van der Waals surface area (Å²) >= 11 is 7.44. The van der Waals surface area contributed by atoms with E-state index in [0.717, 1.165) is 11.1 Å². The van der Waals surface area contributed by atoms with Crippen LogP contribution in [0.3, 0.4) is 0 Å². The Morgan fingerprint density at radius 3 is 2.18 bits per heavy atom. The number of anilines is 1. The monoisotopic (exact) mass is 572 g/mol. The topological polar surface area (TPSA) is 122 Å². The van der Waals surface area contributed by atoms with Gasteiger partial charge in [-0.1, -0.05) is 29.4 Å². The lowest BCUT2D eigenvalue weighted by molar-refractivity contribution is -0.113. The maximum absolute atomic E-state index is 12.8. The van der Waals surface area contributed by atoms with E-state index in [-0.39, 0.29) is 28.5 Å². The van der Waals surface area contributed by atoms with Crippen LogP contribution in [0.25, 0.3) is 0 Å². The fourth-order valence-electron chi connectivity index (χ4n) is 3.74. The number of carbonyl (C=O) groups is 3. The van der Waals surface area contributed by atoms with Crippen LogP contribution in [-0.4, -0.2) is 52.6 Å². The van der Waals surface area contributed by atoms with Gasteiger partial charge in [0.1, 0.15) is 5.75 Å². The number of thioether (sulfide) groups is 1. The number of nitrogens with one attached hydrogen (secondary N) is 1. The molecule has 0 fully saturated rings. The molecule has 1 heterocycles. The van der Waals surface area contributed by atoms with Crippen molar-refractivity contribution in [3.8, 4) is 5.75 Å². The lowest BCUT2D eigenvalue weighted by Crippen LogP contribution is -2.17. The predicted molar refractivity (Wildman–Crippen MR) is 149 cm³/mol. The summed E-state index contributed by atoms with van der Waals surface area (Å²) in [6.07, 6.45) is 1.26. The number of methoxy groups -OCH3 is 2. The van der Waals surface area contributed by atoms with Gasteiger partial charge in [-0.25, -0.2) is 9.59 Å². The van der Waals surface area contributed by atoms with Crippen molar-refractivity contribution in [3.05, 3.63) is 76.1 Å². The first kappa shape index (κ1) is 29.7. The van der Waals surface area contributed by atoms with E-state index in [4.69, 9.17) is 25.8 Å². The van der Waals surface area contributed by atoms with Crippen LogP contribution < -0.4 is 10.1 Å². The summed E-state index contributed by atoms with van der Waals surface area (Å²) < 4.78 is 17.4. The molecule has 10 nitrogen and oxygen atoms in total. The van der Waals surface area contributed by atoms with Crippen molar-refractivity contribution in [3.63, 3.8) is 0 Å². The zero-order chi connectivity index (χ0) is 28.7. The average Bonchev–Trinajstić information content (AvgIpc) is 3.32. The Balaban J connectivity index is 1.74. The highest BCUT2D eigenvalue weighted by molar-refractivity contribution is 7.99. The number of halogens is 1. The third-order valence-corrected chi connectivity index (χ3v) is 7.10. The van der Waals surface area contributed by atoms with Gasteiger partial charge in [0.15, 0.2) is 17.1 Å². The lowest BCUT2D eigenvalue weighted by atomic mass is 10.1. The highest BCUT2D eigenvalue weighted by Crippen LogP contribution is 2.30. The number of aryl methyl sites for hydroxylation is 2. The molecule has 39 heavy (non-hydrogen) atoms. The van der Waals surface area contributed by atoms with Crippen LogP contribution in [0, 0.1) is 13.8 Å². The number of aromatic nitrogens is 3. The van der Waals surface area contributed by atoms with Crippen LogP contribution >= 0.6 is 23.4 Å². The second-order valence-electron chi connectivity index (χ2n) is 8.49. The Bertz CT molecular complexity index is 1350. The molecule has 12 heteroatoms. The van der Waals surface area contributed by atoms with Crippen molar-refractivity contribution in [2.75, 3.05) is 25.3 Å². The van der Waals surface area contributed by atoms with E-state index in [1.165, 1.54) is 44.2 Å². The first-order chi connectivity index (χ1) is 18.6. The Morgan fingerprint density at radius 2 is 1.64 bits per heavy atom. The van der Waals surface area contributed by atoms with E-state index in [2.05, 4.69) is 22.1 Å². The molecule has 0 saturated carbocycles. The largest absolute Gasteiger partial charge is 0.483 e. The molecular weight excluding hydrogens is 544 g/mol. The van der Waals surface area contributed by atoms with Crippen molar-refractivity contribution in [2.45, 2.75) is 38.6 Å². The minimum absolute atomic E-state index is 0.0178. The molecule has 206 valence electrons. The van der Waals surface area contributed by atoms with Crippen molar-refractivity contribution in [2.24, 2.45) is 0 Å². The van der Waals surface area contributed by atoms with Gasteiger partial charge >= 0.3 is 11.9 Å². The summed E-state index contributed by atoms with van der Waals surface area (Å²) in [6, 6.07) is 7.88. The summed E-state index contributed by atoms with van der Waals surface area (Å²) in [7, 11) is 2.44. The van der Waals surface area contributed by atoms with Gasteiger partial charge in [0, 0.05) is 17.3 Å². The normalized spacial score (nSPS) is 11.4. The zero-order valence-electron chi connectivity index (χ0n) is 22.2. The second-order valence-corrected chi connectivity index (χ2v) is 9.81. The van der Waals surface area contributed by atoms with Gasteiger partial charge in [-0.15, -0.1) is 16.8 Å². The van der Waals surface area contributed by atoms with Gasteiger partial charge in [-0.3, -0.25) is 9.36 Å². The molecule has 0 aliphatic rings. The van der Waals surface area contributed by atoms with E-state index < -0.39 is 18.0 Å². The number of carbonyl (C=O) groups excluding carboxylic acids is 3. The molecular formula is C27H29ClN4O6S. The molecule has 0 spiro atoms. The van der Waals surface area contributed by atoms with Gasteiger partial charge < -0.3 is 19.5 Å². The molecule has 0 saturated heterocycles. The Labute approximate surface area is 235 Å². The minimum Gasteiger partial charge on any atom is -0.483 e.